The molecule has 0 saturated heterocycles. The van der Waals surface area contributed by atoms with E-state index in [0.29, 0.717) is 13.2 Å². The first-order valence-corrected chi connectivity index (χ1v) is 12.5. The molecule has 6 rings (SSSR count). The third-order valence-electron chi connectivity index (χ3n) is 7.19. The van der Waals surface area contributed by atoms with Crippen LogP contribution in [0.2, 0.25) is 0 Å². The smallest absolute Gasteiger partial charge is 0.129 e. The molecule has 0 aliphatic carbocycles. The van der Waals surface area contributed by atoms with Crippen molar-refractivity contribution in [2.24, 2.45) is 11.8 Å². The molecule has 0 fully saturated rings. The Hall–Kier alpha value is -3.56. The van der Waals surface area contributed by atoms with E-state index in [0.717, 1.165) is 24.3 Å². The summed E-state index contributed by atoms with van der Waals surface area (Å²) in [5, 5.41) is 0. The first-order chi connectivity index (χ1) is 17.3. The summed E-state index contributed by atoms with van der Waals surface area (Å²) >= 11 is 0. The van der Waals surface area contributed by atoms with Crippen molar-refractivity contribution >= 4 is 0 Å². The van der Waals surface area contributed by atoms with Crippen molar-refractivity contribution in [3.63, 3.8) is 0 Å². The lowest BCUT2D eigenvalue weighted by molar-refractivity contribution is -0.0111. The highest BCUT2D eigenvalue weighted by Gasteiger charge is 2.34. The molecule has 3 heteroatoms. The first-order valence-electron chi connectivity index (χ1n) is 12.5. The van der Waals surface area contributed by atoms with E-state index < -0.39 is 0 Å². The quantitative estimate of drug-likeness (QED) is 0.309. The van der Waals surface area contributed by atoms with Gasteiger partial charge in [-0.05, 0) is 47.2 Å². The molecule has 0 amide bonds. The zero-order chi connectivity index (χ0) is 23.5. The van der Waals surface area contributed by atoms with Gasteiger partial charge < -0.3 is 14.2 Å². The molecule has 4 atom stereocenters. The molecule has 0 bridgehead atoms. The Balaban J connectivity index is 1.20. The molecule has 3 nitrogen and oxygen atoms in total. The molecule has 35 heavy (non-hydrogen) atoms. The van der Waals surface area contributed by atoms with Gasteiger partial charge in [0.1, 0.15) is 23.7 Å². The van der Waals surface area contributed by atoms with Gasteiger partial charge in [-0.1, -0.05) is 97.1 Å². The van der Waals surface area contributed by atoms with Gasteiger partial charge >= 0.3 is 0 Å². The van der Waals surface area contributed by atoms with Crippen molar-refractivity contribution in [2.75, 3.05) is 13.2 Å². The number of fused-ring (bicyclic) bond motifs is 2. The topological polar surface area (TPSA) is 27.7 Å². The summed E-state index contributed by atoms with van der Waals surface area (Å²) in [6.07, 6.45) is 1.86. The third kappa shape index (κ3) is 4.69. The normalized spacial score (nSPS) is 22.9. The van der Waals surface area contributed by atoms with Crippen LogP contribution in [0.5, 0.6) is 11.5 Å². The van der Waals surface area contributed by atoms with Gasteiger partial charge in [0.05, 0.1) is 13.2 Å². The molecular weight excluding hydrogens is 432 g/mol. The molecule has 0 aromatic heterocycles. The first kappa shape index (κ1) is 21.9. The van der Waals surface area contributed by atoms with Gasteiger partial charge in [-0.25, -0.2) is 0 Å². The standard InChI is InChI=1S/C32H30O3/c1-3-11-23(12-4-1)31-27(19-25-15-7-9-17-29(25)34-31)21-33-22-28-20-26-16-8-10-18-30(26)35-32(28)24-13-5-2-6-14-24/h1-18,27-28,31-32H,19-22H2. The zero-order valence-corrected chi connectivity index (χ0v) is 19.8. The Morgan fingerprint density at radius 1 is 0.514 bits per heavy atom. The zero-order valence-electron chi connectivity index (χ0n) is 19.8. The molecule has 2 aliphatic rings. The number of para-hydroxylation sites is 2. The van der Waals surface area contributed by atoms with Crippen LogP contribution in [0.4, 0.5) is 0 Å². The van der Waals surface area contributed by atoms with Crippen molar-refractivity contribution in [2.45, 2.75) is 25.0 Å². The minimum Gasteiger partial charge on any atom is -0.485 e. The fourth-order valence-electron chi connectivity index (χ4n) is 5.45. The molecule has 2 heterocycles. The van der Waals surface area contributed by atoms with Gasteiger partial charge in [0.2, 0.25) is 0 Å². The summed E-state index contributed by atoms with van der Waals surface area (Å²) in [6, 6.07) is 37.8. The molecule has 2 aliphatic heterocycles. The van der Waals surface area contributed by atoms with E-state index in [1.54, 1.807) is 0 Å². The Labute approximate surface area is 207 Å². The average Bonchev–Trinajstić information content (AvgIpc) is 2.93. The molecule has 4 aromatic carbocycles. The molecule has 0 radical (unpaired) electrons. The van der Waals surface area contributed by atoms with Crippen molar-refractivity contribution in [1.82, 2.24) is 0 Å². The molecular formula is C32H30O3. The van der Waals surface area contributed by atoms with Crippen LogP contribution in [0.15, 0.2) is 109 Å². The van der Waals surface area contributed by atoms with E-state index in [4.69, 9.17) is 14.2 Å². The number of rotatable bonds is 6. The number of ether oxygens (including phenoxy) is 3. The molecule has 4 unspecified atom stereocenters. The van der Waals surface area contributed by atoms with Crippen molar-refractivity contribution in [3.05, 3.63) is 131 Å². The van der Waals surface area contributed by atoms with Gasteiger partial charge in [0, 0.05) is 11.8 Å². The second kappa shape index (κ2) is 9.97. The molecule has 0 spiro atoms. The lowest BCUT2D eigenvalue weighted by Gasteiger charge is -2.36. The fourth-order valence-corrected chi connectivity index (χ4v) is 5.45. The van der Waals surface area contributed by atoms with Gasteiger partial charge in [-0.3, -0.25) is 0 Å². The maximum Gasteiger partial charge on any atom is 0.129 e. The monoisotopic (exact) mass is 462 g/mol. The van der Waals surface area contributed by atoms with E-state index in [2.05, 4.69) is 97.1 Å². The summed E-state index contributed by atoms with van der Waals surface area (Å²) in [7, 11) is 0. The van der Waals surface area contributed by atoms with Gasteiger partial charge in [-0.15, -0.1) is 0 Å². The minimum absolute atomic E-state index is 0.0145. The van der Waals surface area contributed by atoms with E-state index in [1.165, 1.54) is 22.3 Å². The summed E-state index contributed by atoms with van der Waals surface area (Å²) < 4.78 is 19.5. The van der Waals surface area contributed by atoms with Gasteiger partial charge in [0.25, 0.3) is 0 Å². The molecule has 176 valence electrons. The number of hydrogen-bond acceptors (Lipinski definition) is 3. The second-order valence-corrected chi connectivity index (χ2v) is 9.58. The molecule has 0 saturated carbocycles. The fraction of sp³-hybridized carbons (Fsp3) is 0.250. The third-order valence-corrected chi connectivity index (χ3v) is 7.19. The maximum absolute atomic E-state index is 6.51. The Kier molecular flexibility index (Phi) is 6.25. The average molecular weight is 463 g/mol. The van der Waals surface area contributed by atoms with Crippen LogP contribution in [0.25, 0.3) is 0 Å². The lowest BCUT2D eigenvalue weighted by atomic mass is 9.86. The number of benzene rings is 4. The van der Waals surface area contributed by atoms with Crippen molar-refractivity contribution in [1.29, 1.82) is 0 Å². The van der Waals surface area contributed by atoms with Crippen LogP contribution < -0.4 is 9.47 Å². The van der Waals surface area contributed by atoms with Crippen LogP contribution in [-0.4, -0.2) is 13.2 Å². The molecule has 4 aromatic rings. The molecule has 0 N–H and O–H groups in total. The highest BCUT2D eigenvalue weighted by atomic mass is 16.5. The van der Waals surface area contributed by atoms with E-state index >= 15 is 0 Å². The Bertz CT molecular complexity index is 1160. The van der Waals surface area contributed by atoms with Gasteiger partial charge in [0.15, 0.2) is 0 Å². The van der Waals surface area contributed by atoms with E-state index in [-0.39, 0.29) is 24.0 Å². The predicted octanol–water partition coefficient (Wildman–Crippen LogP) is 6.99. The summed E-state index contributed by atoms with van der Waals surface area (Å²) in [6.45, 7) is 1.29. The number of hydrogen-bond donors (Lipinski definition) is 0. The highest BCUT2D eigenvalue weighted by Crippen LogP contribution is 2.41. The predicted molar refractivity (Wildman–Crippen MR) is 138 cm³/mol. The van der Waals surface area contributed by atoms with Crippen molar-refractivity contribution in [3.8, 4) is 11.5 Å². The van der Waals surface area contributed by atoms with E-state index in [9.17, 15) is 0 Å². The highest BCUT2D eigenvalue weighted by molar-refractivity contribution is 5.38. The summed E-state index contributed by atoms with van der Waals surface area (Å²) in [5.41, 5.74) is 4.91. The SMILES string of the molecule is c1ccc(C2Oc3ccccc3CC2COCC2Cc3ccccc3OC2c2ccccc2)cc1. The van der Waals surface area contributed by atoms with Crippen LogP contribution in [0, 0.1) is 11.8 Å². The van der Waals surface area contributed by atoms with Gasteiger partial charge in [-0.2, -0.15) is 0 Å². The Morgan fingerprint density at radius 2 is 0.914 bits per heavy atom. The second-order valence-electron chi connectivity index (χ2n) is 9.58. The van der Waals surface area contributed by atoms with E-state index in [1.807, 2.05) is 12.1 Å². The minimum atomic E-state index is -0.0145. The van der Waals surface area contributed by atoms with Crippen LogP contribution in [-0.2, 0) is 17.6 Å². The lowest BCUT2D eigenvalue weighted by Crippen LogP contribution is -2.33. The maximum atomic E-state index is 6.51. The van der Waals surface area contributed by atoms with Crippen LogP contribution in [0.1, 0.15) is 34.5 Å². The van der Waals surface area contributed by atoms with Crippen LogP contribution in [0.3, 0.4) is 0 Å². The summed E-state index contributed by atoms with van der Waals surface area (Å²) in [4.78, 5) is 0. The largest absolute Gasteiger partial charge is 0.485 e. The Morgan fingerprint density at radius 3 is 1.37 bits per heavy atom. The van der Waals surface area contributed by atoms with Crippen molar-refractivity contribution < 1.29 is 14.2 Å². The van der Waals surface area contributed by atoms with Crippen LogP contribution >= 0.6 is 0 Å². The summed E-state index contributed by atoms with van der Waals surface area (Å²) in [5.74, 6) is 2.47.